The number of anilines is 1. The van der Waals surface area contributed by atoms with Crippen LogP contribution in [0.3, 0.4) is 0 Å². The zero-order chi connectivity index (χ0) is 18.1. The molecule has 26 heavy (non-hydrogen) atoms. The van der Waals surface area contributed by atoms with Crippen molar-refractivity contribution < 1.29 is 18.4 Å². The second-order valence-corrected chi connectivity index (χ2v) is 5.89. The van der Waals surface area contributed by atoms with Crippen molar-refractivity contribution in [1.82, 2.24) is 0 Å². The highest BCUT2D eigenvalue weighted by Crippen LogP contribution is 2.29. The number of benzene rings is 2. The van der Waals surface area contributed by atoms with Crippen LogP contribution < -0.4 is 5.32 Å². The fourth-order valence-electron chi connectivity index (χ4n) is 2.84. The zero-order valence-corrected chi connectivity index (χ0v) is 14.0. The van der Waals surface area contributed by atoms with Gasteiger partial charge in [-0.15, -0.1) is 0 Å². The van der Waals surface area contributed by atoms with E-state index in [0.717, 1.165) is 10.9 Å². The van der Waals surface area contributed by atoms with Crippen molar-refractivity contribution in [3.63, 3.8) is 0 Å². The van der Waals surface area contributed by atoms with Gasteiger partial charge in [0.25, 0.3) is 5.91 Å². The van der Waals surface area contributed by atoms with Gasteiger partial charge in [-0.1, -0.05) is 30.3 Å². The fourth-order valence-corrected chi connectivity index (χ4v) is 2.84. The maximum atomic E-state index is 12.7. The predicted octanol–water partition coefficient (Wildman–Crippen LogP) is 4.82. The minimum absolute atomic E-state index is 0.166. The summed E-state index contributed by atoms with van der Waals surface area (Å²) < 4.78 is 10.9. The number of hydrogen-bond donors (Lipinski definition) is 1. The third kappa shape index (κ3) is 2.80. The van der Waals surface area contributed by atoms with Crippen LogP contribution in [-0.2, 0) is 0 Å². The van der Waals surface area contributed by atoms with Crippen LogP contribution in [0.25, 0.3) is 11.0 Å². The number of nitrogens with one attached hydrogen (secondary N) is 1. The molecule has 5 nitrogen and oxygen atoms in total. The van der Waals surface area contributed by atoms with Gasteiger partial charge in [-0.2, -0.15) is 0 Å². The van der Waals surface area contributed by atoms with Crippen LogP contribution in [-0.4, -0.2) is 11.7 Å². The van der Waals surface area contributed by atoms with E-state index < -0.39 is 0 Å². The first-order chi connectivity index (χ1) is 12.6. The number of hydrogen-bond acceptors (Lipinski definition) is 4. The van der Waals surface area contributed by atoms with E-state index in [-0.39, 0.29) is 17.5 Å². The third-order valence-electron chi connectivity index (χ3n) is 4.18. The number of fused-ring (bicyclic) bond motifs is 1. The number of rotatable bonds is 4. The molecule has 2 aromatic heterocycles. The lowest BCUT2D eigenvalue weighted by Crippen LogP contribution is -2.10. The van der Waals surface area contributed by atoms with Crippen molar-refractivity contribution in [2.75, 3.05) is 5.32 Å². The van der Waals surface area contributed by atoms with Crippen LogP contribution in [0.4, 0.5) is 5.69 Å². The molecule has 0 aliphatic heterocycles. The molecule has 0 saturated carbocycles. The van der Waals surface area contributed by atoms with E-state index in [1.807, 2.05) is 31.2 Å². The normalized spacial score (nSPS) is 10.8. The lowest BCUT2D eigenvalue weighted by Gasteiger charge is -2.02. The maximum absolute atomic E-state index is 12.7. The number of carbonyl (C=O) groups is 2. The standard InChI is InChI=1S/C21H15NO4/c1-13-16-10-9-15(22-21(24)17-8-5-11-25-17)12-18(16)26-20(13)19(23)14-6-3-2-4-7-14/h2-12H,1H3,(H,22,24). The molecule has 1 amide bonds. The molecule has 4 rings (SSSR count). The van der Waals surface area contributed by atoms with Gasteiger partial charge in [0.2, 0.25) is 5.78 Å². The van der Waals surface area contributed by atoms with Crippen molar-refractivity contribution in [2.45, 2.75) is 6.92 Å². The van der Waals surface area contributed by atoms with E-state index in [1.54, 1.807) is 36.4 Å². The average molecular weight is 345 g/mol. The Morgan fingerprint density at radius 1 is 0.962 bits per heavy atom. The van der Waals surface area contributed by atoms with Gasteiger partial charge in [0, 0.05) is 28.3 Å². The van der Waals surface area contributed by atoms with E-state index in [0.29, 0.717) is 22.6 Å². The van der Waals surface area contributed by atoms with Crippen LogP contribution >= 0.6 is 0 Å². The Bertz CT molecular complexity index is 1090. The quantitative estimate of drug-likeness (QED) is 0.538. The van der Waals surface area contributed by atoms with Crippen LogP contribution in [0.1, 0.15) is 32.2 Å². The summed E-state index contributed by atoms with van der Waals surface area (Å²) in [6, 6.07) is 17.5. The monoisotopic (exact) mass is 345 g/mol. The van der Waals surface area contributed by atoms with Gasteiger partial charge >= 0.3 is 0 Å². The molecule has 0 spiro atoms. The first kappa shape index (κ1) is 15.9. The van der Waals surface area contributed by atoms with Crippen LogP contribution in [0, 0.1) is 6.92 Å². The third-order valence-corrected chi connectivity index (χ3v) is 4.18. The number of furan rings is 2. The Labute approximate surface area is 149 Å². The lowest BCUT2D eigenvalue weighted by atomic mass is 10.0. The number of ketones is 1. The molecule has 4 aromatic rings. The van der Waals surface area contributed by atoms with Crippen LogP contribution in [0.15, 0.2) is 75.8 Å². The van der Waals surface area contributed by atoms with Crippen molar-refractivity contribution in [1.29, 1.82) is 0 Å². The van der Waals surface area contributed by atoms with Gasteiger partial charge < -0.3 is 14.2 Å². The molecule has 0 atom stereocenters. The molecular weight excluding hydrogens is 330 g/mol. The number of aryl methyl sites for hydroxylation is 1. The van der Waals surface area contributed by atoms with Gasteiger partial charge in [-0.05, 0) is 31.2 Å². The second kappa shape index (κ2) is 6.37. The van der Waals surface area contributed by atoms with E-state index in [2.05, 4.69) is 5.32 Å². The molecule has 0 aliphatic carbocycles. The van der Waals surface area contributed by atoms with Crippen molar-refractivity contribution in [2.24, 2.45) is 0 Å². The lowest BCUT2D eigenvalue weighted by molar-refractivity contribution is 0.0993. The second-order valence-electron chi connectivity index (χ2n) is 5.89. The summed E-state index contributed by atoms with van der Waals surface area (Å²) in [5.74, 6) is 0.0139. The molecule has 0 saturated heterocycles. The molecule has 128 valence electrons. The molecular formula is C21H15NO4. The molecule has 2 heterocycles. The van der Waals surface area contributed by atoms with Gasteiger partial charge in [0.05, 0.1) is 6.26 Å². The Balaban J connectivity index is 1.67. The number of amides is 1. The minimum Gasteiger partial charge on any atom is -0.459 e. The molecule has 0 radical (unpaired) electrons. The first-order valence-corrected chi connectivity index (χ1v) is 8.11. The Hall–Kier alpha value is -3.60. The summed E-state index contributed by atoms with van der Waals surface area (Å²) in [5.41, 5.74) is 2.45. The van der Waals surface area contributed by atoms with Crippen molar-refractivity contribution >= 4 is 28.3 Å². The van der Waals surface area contributed by atoms with Gasteiger partial charge in [0.15, 0.2) is 11.5 Å². The van der Waals surface area contributed by atoms with E-state index >= 15 is 0 Å². The highest BCUT2D eigenvalue weighted by atomic mass is 16.3. The molecule has 2 aromatic carbocycles. The highest BCUT2D eigenvalue weighted by molar-refractivity contribution is 6.11. The predicted molar refractivity (Wildman–Crippen MR) is 97.5 cm³/mol. The smallest absolute Gasteiger partial charge is 0.291 e. The topological polar surface area (TPSA) is 72.5 Å². The highest BCUT2D eigenvalue weighted by Gasteiger charge is 2.19. The summed E-state index contributed by atoms with van der Waals surface area (Å²) >= 11 is 0. The largest absolute Gasteiger partial charge is 0.459 e. The number of carbonyl (C=O) groups excluding carboxylic acids is 2. The molecule has 1 N–H and O–H groups in total. The van der Waals surface area contributed by atoms with Gasteiger partial charge in [-0.3, -0.25) is 9.59 Å². The van der Waals surface area contributed by atoms with E-state index in [9.17, 15) is 9.59 Å². The summed E-state index contributed by atoms with van der Waals surface area (Å²) in [7, 11) is 0. The maximum Gasteiger partial charge on any atom is 0.291 e. The summed E-state index contributed by atoms with van der Waals surface area (Å²) in [6.07, 6.45) is 1.44. The Morgan fingerprint density at radius 3 is 2.50 bits per heavy atom. The fraction of sp³-hybridized carbons (Fsp3) is 0.0476. The molecule has 0 aliphatic rings. The van der Waals surface area contributed by atoms with Crippen LogP contribution in [0.5, 0.6) is 0 Å². The van der Waals surface area contributed by atoms with Crippen LogP contribution in [0.2, 0.25) is 0 Å². The molecule has 0 fully saturated rings. The summed E-state index contributed by atoms with van der Waals surface area (Å²) in [6.45, 7) is 1.85. The Kier molecular flexibility index (Phi) is 3.89. The van der Waals surface area contributed by atoms with Gasteiger partial charge in [-0.25, -0.2) is 0 Å². The van der Waals surface area contributed by atoms with Gasteiger partial charge in [0.1, 0.15) is 5.58 Å². The van der Waals surface area contributed by atoms with E-state index in [4.69, 9.17) is 8.83 Å². The zero-order valence-electron chi connectivity index (χ0n) is 14.0. The summed E-state index contributed by atoms with van der Waals surface area (Å²) in [4.78, 5) is 24.8. The average Bonchev–Trinajstić information content (AvgIpc) is 3.30. The Morgan fingerprint density at radius 2 is 1.77 bits per heavy atom. The summed E-state index contributed by atoms with van der Waals surface area (Å²) in [5, 5.41) is 3.58. The van der Waals surface area contributed by atoms with E-state index in [1.165, 1.54) is 6.26 Å². The molecule has 0 bridgehead atoms. The first-order valence-electron chi connectivity index (χ1n) is 8.11. The molecule has 0 unspecified atom stereocenters. The minimum atomic E-state index is -0.349. The van der Waals surface area contributed by atoms with Crippen molar-refractivity contribution in [3.05, 3.63) is 89.6 Å². The SMILES string of the molecule is Cc1c(C(=O)c2ccccc2)oc2cc(NC(=O)c3ccco3)ccc12. The van der Waals surface area contributed by atoms with Crippen molar-refractivity contribution in [3.8, 4) is 0 Å². The molecule has 5 heteroatoms.